The number of carbonyl (C=O) groups is 2. The fourth-order valence-corrected chi connectivity index (χ4v) is 11.9. The van der Waals surface area contributed by atoms with Gasteiger partial charge >= 0.3 is 5.92 Å². The number of nitrogens with one attached hydrogen (secondary N) is 3. The second-order valence-corrected chi connectivity index (χ2v) is 20.8. The Hall–Kier alpha value is -5.62. The van der Waals surface area contributed by atoms with Gasteiger partial charge in [-0.15, -0.1) is 0 Å². The number of carbonyl (C=O) groups excluding carboxylic acids is 2. The van der Waals surface area contributed by atoms with Gasteiger partial charge in [-0.1, -0.05) is 18.5 Å². The van der Waals surface area contributed by atoms with Crippen molar-refractivity contribution in [2.45, 2.75) is 82.6 Å². The molecular formula is C49H57ClF3N11O4. The summed E-state index contributed by atoms with van der Waals surface area (Å²) in [5, 5.41) is 14.9. The number of halogens is 4. The minimum Gasteiger partial charge on any atom is -0.480 e. The highest BCUT2D eigenvalue weighted by atomic mass is 35.5. The van der Waals surface area contributed by atoms with E-state index in [9.17, 15) is 14.4 Å². The van der Waals surface area contributed by atoms with Crippen molar-refractivity contribution in [1.29, 1.82) is 0 Å². The molecule has 2 amide bonds. The summed E-state index contributed by atoms with van der Waals surface area (Å²) < 4.78 is 55.2. The molecule has 0 bridgehead atoms. The van der Waals surface area contributed by atoms with E-state index in [-0.39, 0.29) is 46.8 Å². The number of piperidine rings is 4. The Labute approximate surface area is 396 Å². The fraction of sp³-hybridized carbons (Fsp3) is 0.551. The Bertz CT molecular complexity index is 2890. The molecule has 1 spiro atoms. The Balaban J connectivity index is 0.699. The molecule has 5 aromatic rings. The molecule has 5 aliphatic heterocycles. The average molecular weight is 957 g/mol. The largest absolute Gasteiger partial charge is 0.480 e. The number of hydrogen-bond donors (Lipinski definition) is 3. The molecule has 19 heteroatoms. The normalized spacial score (nSPS) is 25.2. The lowest BCUT2D eigenvalue weighted by Crippen LogP contribution is -2.49. The number of ether oxygens (including phenoxy) is 1. The lowest BCUT2D eigenvalue weighted by atomic mass is 9.71. The van der Waals surface area contributed by atoms with E-state index in [1.165, 1.54) is 9.25 Å². The van der Waals surface area contributed by atoms with Crippen molar-refractivity contribution in [3.8, 4) is 5.75 Å². The first-order valence-corrected chi connectivity index (χ1v) is 24.5. The number of likely N-dealkylation sites (tertiary alicyclic amines) is 1. The summed E-state index contributed by atoms with van der Waals surface area (Å²) in [5.74, 6) is -3.12. The zero-order valence-electron chi connectivity index (χ0n) is 38.6. The van der Waals surface area contributed by atoms with Gasteiger partial charge in [-0.05, 0) is 118 Å². The van der Waals surface area contributed by atoms with Crippen LogP contribution in [-0.2, 0) is 23.7 Å². The van der Waals surface area contributed by atoms with Gasteiger partial charge in [0.05, 0.1) is 40.7 Å². The number of pyridine rings is 1. The van der Waals surface area contributed by atoms with Gasteiger partial charge in [0, 0.05) is 69.7 Å². The van der Waals surface area contributed by atoms with E-state index < -0.39 is 30.0 Å². The third-order valence-corrected chi connectivity index (χ3v) is 16.3. The molecule has 15 nitrogen and oxygen atoms in total. The SMILES string of the molecule is CC1CN(c2ccc3c(C4CCC(=O)NC4=O)nn(C)c3c2F)CCC1CN1CCC2(CC1)CCN(c1ncc(Cl)c(Nc3ccc4c(c3)c3c(c(=O)n4C)OCC(F)(F)C(C4CC4)N3)n1)CC2. The molecule has 1 aliphatic carbocycles. The lowest BCUT2D eigenvalue weighted by Gasteiger charge is -2.48. The van der Waals surface area contributed by atoms with Crippen LogP contribution in [-0.4, -0.2) is 105 Å². The maximum absolute atomic E-state index is 16.3. The fourth-order valence-electron chi connectivity index (χ4n) is 11.7. The first-order valence-electron chi connectivity index (χ1n) is 24.1. The summed E-state index contributed by atoms with van der Waals surface area (Å²) in [4.78, 5) is 54.2. The molecule has 11 rings (SSSR count). The van der Waals surface area contributed by atoms with Crippen molar-refractivity contribution in [2.75, 3.05) is 72.9 Å². The van der Waals surface area contributed by atoms with Gasteiger partial charge in [0.15, 0.2) is 18.2 Å². The summed E-state index contributed by atoms with van der Waals surface area (Å²) in [6.45, 7) is 7.71. The van der Waals surface area contributed by atoms with Crippen LogP contribution in [0.5, 0.6) is 5.75 Å². The van der Waals surface area contributed by atoms with Crippen LogP contribution in [0.15, 0.2) is 41.3 Å². The van der Waals surface area contributed by atoms with Crippen LogP contribution in [0, 0.1) is 29.0 Å². The van der Waals surface area contributed by atoms with Crippen molar-refractivity contribution in [3.63, 3.8) is 0 Å². The van der Waals surface area contributed by atoms with E-state index in [0.717, 1.165) is 77.9 Å². The molecule has 68 heavy (non-hydrogen) atoms. The van der Waals surface area contributed by atoms with Gasteiger partial charge in [-0.3, -0.25) is 24.4 Å². The van der Waals surface area contributed by atoms with E-state index in [2.05, 4.69) is 47.7 Å². The molecule has 3 N–H and O–H groups in total. The van der Waals surface area contributed by atoms with Gasteiger partial charge in [0.2, 0.25) is 23.5 Å². The number of rotatable bonds is 8. The number of benzene rings is 2. The maximum atomic E-state index is 16.3. The molecule has 360 valence electrons. The monoisotopic (exact) mass is 955 g/mol. The second kappa shape index (κ2) is 17.1. The van der Waals surface area contributed by atoms with Crippen molar-refractivity contribution in [2.24, 2.45) is 37.3 Å². The van der Waals surface area contributed by atoms with Crippen LogP contribution < -0.4 is 36.0 Å². The van der Waals surface area contributed by atoms with E-state index in [1.807, 2.05) is 24.3 Å². The van der Waals surface area contributed by atoms with Gasteiger partial charge in [0.1, 0.15) is 10.5 Å². The standard InChI is InChI=1S/C49H57ClF3N11O4/c1-27-24-64(36-10-7-31-39(59-61(3)41(31)38(36)51)32-8-11-37(65)56-45(32)66)17-12-29(27)25-62-18-13-48(14-19-62)15-20-63(21-16-48)47-54-23-34(50)44(58-47)55-30-6-9-35-33(22-30)40-42(46(67)60(35)2)68-26-49(52,53)43(57-40)28-4-5-28/h6-7,9-10,22-23,27-29,32,43,57H,4-5,8,11-21,24-26H2,1-3H3,(H,54,55,58)(H,56,65,66). The molecule has 1 saturated carbocycles. The third kappa shape index (κ3) is 8.07. The highest BCUT2D eigenvalue weighted by molar-refractivity contribution is 6.33. The Morgan fingerprint density at radius 1 is 0.941 bits per heavy atom. The summed E-state index contributed by atoms with van der Waals surface area (Å²) >= 11 is 6.67. The van der Waals surface area contributed by atoms with Crippen LogP contribution in [0.3, 0.4) is 0 Å². The van der Waals surface area contributed by atoms with Gasteiger partial charge in [0.25, 0.3) is 5.56 Å². The van der Waals surface area contributed by atoms with E-state index >= 15 is 13.2 Å². The first kappa shape index (κ1) is 44.9. The highest BCUT2D eigenvalue weighted by Crippen LogP contribution is 2.47. The van der Waals surface area contributed by atoms with Crippen LogP contribution in [0.4, 0.5) is 42.0 Å². The number of fused-ring (bicyclic) bond motifs is 4. The van der Waals surface area contributed by atoms with Gasteiger partial charge in [-0.25, -0.2) is 18.2 Å². The molecular weight excluding hydrogens is 899 g/mol. The summed E-state index contributed by atoms with van der Waals surface area (Å²) in [6, 6.07) is 7.97. The zero-order chi connectivity index (χ0) is 47.2. The van der Waals surface area contributed by atoms with Crippen molar-refractivity contribution in [3.05, 3.63) is 63.4 Å². The van der Waals surface area contributed by atoms with Crippen molar-refractivity contribution >= 4 is 74.0 Å². The number of nitrogens with zero attached hydrogens (tertiary/aromatic N) is 8. The summed E-state index contributed by atoms with van der Waals surface area (Å²) in [7, 11) is 3.31. The molecule has 4 saturated heterocycles. The predicted molar refractivity (Wildman–Crippen MR) is 255 cm³/mol. The van der Waals surface area contributed by atoms with Crippen molar-refractivity contribution < 1.29 is 27.5 Å². The number of imide groups is 1. The minimum absolute atomic E-state index is 0.107. The second-order valence-electron chi connectivity index (χ2n) is 20.4. The van der Waals surface area contributed by atoms with Crippen LogP contribution in [0.1, 0.15) is 76.3 Å². The number of hydrogen-bond acceptors (Lipinski definition) is 12. The van der Waals surface area contributed by atoms with Crippen LogP contribution in [0.2, 0.25) is 5.02 Å². The lowest BCUT2D eigenvalue weighted by molar-refractivity contribution is -0.134. The number of aryl methyl sites for hydroxylation is 2. The number of anilines is 5. The predicted octanol–water partition coefficient (Wildman–Crippen LogP) is 7.33. The Morgan fingerprint density at radius 3 is 2.44 bits per heavy atom. The molecule has 4 unspecified atom stereocenters. The first-order chi connectivity index (χ1) is 32.6. The number of aromatic nitrogens is 5. The van der Waals surface area contributed by atoms with E-state index in [4.69, 9.17) is 21.3 Å². The molecule has 8 heterocycles. The highest BCUT2D eigenvalue weighted by Gasteiger charge is 2.51. The quantitative estimate of drug-likeness (QED) is 0.134. The molecule has 5 fully saturated rings. The van der Waals surface area contributed by atoms with Gasteiger partial charge in [-0.2, -0.15) is 10.1 Å². The minimum atomic E-state index is -3.13. The topological polar surface area (TPSA) is 155 Å². The molecule has 4 atom stereocenters. The van der Waals surface area contributed by atoms with Gasteiger partial charge < -0.3 is 34.6 Å². The van der Waals surface area contributed by atoms with E-state index in [1.54, 1.807) is 26.4 Å². The molecule has 0 radical (unpaired) electrons. The van der Waals surface area contributed by atoms with Crippen molar-refractivity contribution in [1.82, 2.24) is 34.5 Å². The third-order valence-electron chi connectivity index (χ3n) is 16.1. The van der Waals surface area contributed by atoms with E-state index in [0.29, 0.717) is 86.8 Å². The smallest absolute Gasteiger partial charge is 0.301 e. The zero-order valence-corrected chi connectivity index (χ0v) is 39.4. The Morgan fingerprint density at radius 2 is 1.71 bits per heavy atom. The number of amides is 2. The molecule has 3 aromatic heterocycles. The molecule has 6 aliphatic rings. The maximum Gasteiger partial charge on any atom is 0.301 e. The van der Waals surface area contributed by atoms with Crippen LogP contribution >= 0.6 is 11.6 Å². The summed E-state index contributed by atoms with van der Waals surface area (Å²) in [6.07, 6.45) is 8.91. The average Bonchev–Trinajstić information content (AvgIpc) is 4.12. The Kier molecular flexibility index (Phi) is 11.3. The number of alkyl halides is 2. The molecule has 2 aromatic carbocycles. The summed E-state index contributed by atoms with van der Waals surface area (Å²) in [5.41, 5.74) is 2.72. The van der Waals surface area contributed by atoms with Crippen LogP contribution in [0.25, 0.3) is 21.8 Å².